The molecular formula is C14H19BrN2O3. The summed E-state index contributed by atoms with van der Waals surface area (Å²) < 4.78 is 5.84. The zero-order chi connectivity index (χ0) is 14.8. The van der Waals surface area contributed by atoms with Crippen LogP contribution < -0.4 is 10.6 Å². The second-order valence-corrected chi connectivity index (χ2v) is 5.02. The number of hydrogen-bond acceptors (Lipinski definition) is 3. The van der Waals surface area contributed by atoms with E-state index in [4.69, 9.17) is 4.74 Å². The molecule has 0 aliphatic heterocycles. The van der Waals surface area contributed by atoms with Gasteiger partial charge < -0.3 is 15.4 Å². The standard InChI is InChI=1S/C14H19BrN2O3/c1-2-20-10-13(18)16-7-4-8-17-14(19)11-5-3-6-12(15)9-11/h3,5-6,9H,2,4,7-8,10H2,1H3,(H,16,18)(H,17,19). The third kappa shape index (κ3) is 6.68. The monoisotopic (exact) mass is 342 g/mol. The third-order valence-corrected chi connectivity index (χ3v) is 2.98. The molecule has 0 aromatic heterocycles. The predicted octanol–water partition coefficient (Wildman–Crippen LogP) is 1.72. The summed E-state index contributed by atoms with van der Waals surface area (Å²) in [6, 6.07) is 7.20. The van der Waals surface area contributed by atoms with Gasteiger partial charge in [0.25, 0.3) is 5.91 Å². The summed E-state index contributed by atoms with van der Waals surface area (Å²) in [6.45, 7) is 3.48. The lowest BCUT2D eigenvalue weighted by molar-refractivity contribution is -0.125. The van der Waals surface area contributed by atoms with Crippen LogP contribution in [0.25, 0.3) is 0 Å². The van der Waals surface area contributed by atoms with Gasteiger partial charge in [0, 0.05) is 29.7 Å². The van der Waals surface area contributed by atoms with E-state index < -0.39 is 0 Å². The van der Waals surface area contributed by atoms with Gasteiger partial charge in [-0.3, -0.25) is 9.59 Å². The number of carbonyl (C=O) groups excluding carboxylic acids is 2. The van der Waals surface area contributed by atoms with Gasteiger partial charge in [0.05, 0.1) is 0 Å². The van der Waals surface area contributed by atoms with Crippen LogP contribution in [0, 0.1) is 0 Å². The molecule has 0 saturated carbocycles. The summed E-state index contributed by atoms with van der Waals surface area (Å²) in [5, 5.41) is 5.52. The fourth-order valence-electron chi connectivity index (χ4n) is 1.50. The van der Waals surface area contributed by atoms with Crippen LogP contribution in [0.5, 0.6) is 0 Å². The van der Waals surface area contributed by atoms with E-state index in [2.05, 4.69) is 26.6 Å². The molecule has 0 aliphatic carbocycles. The molecule has 0 bridgehead atoms. The molecule has 0 aliphatic rings. The first kappa shape index (κ1) is 16.7. The first-order valence-electron chi connectivity index (χ1n) is 6.51. The highest BCUT2D eigenvalue weighted by atomic mass is 79.9. The Labute approximate surface area is 127 Å². The number of carbonyl (C=O) groups is 2. The van der Waals surface area contributed by atoms with Crippen molar-refractivity contribution >= 4 is 27.7 Å². The molecule has 0 unspecified atom stereocenters. The molecule has 5 nitrogen and oxygen atoms in total. The van der Waals surface area contributed by atoms with E-state index in [0.29, 0.717) is 31.7 Å². The minimum atomic E-state index is -0.134. The van der Waals surface area contributed by atoms with E-state index in [0.717, 1.165) is 4.47 Å². The van der Waals surface area contributed by atoms with Crippen LogP contribution in [0.1, 0.15) is 23.7 Å². The number of rotatable bonds is 8. The van der Waals surface area contributed by atoms with Crippen LogP contribution in [-0.2, 0) is 9.53 Å². The maximum atomic E-state index is 11.8. The van der Waals surface area contributed by atoms with Gasteiger partial charge in [-0.25, -0.2) is 0 Å². The number of halogens is 1. The fraction of sp³-hybridized carbons (Fsp3) is 0.429. The topological polar surface area (TPSA) is 67.4 Å². The van der Waals surface area contributed by atoms with Crippen molar-refractivity contribution in [1.29, 1.82) is 0 Å². The Morgan fingerprint density at radius 3 is 2.70 bits per heavy atom. The second-order valence-electron chi connectivity index (χ2n) is 4.11. The Bertz CT molecular complexity index is 452. The van der Waals surface area contributed by atoms with Gasteiger partial charge >= 0.3 is 0 Å². The van der Waals surface area contributed by atoms with Crippen molar-refractivity contribution in [2.24, 2.45) is 0 Å². The van der Waals surface area contributed by atoms with Crippen molar-refractivity contribution < 1.29 is 14.3 Å². The molecule has 2 N–H and O–H groups in total. The number of amides is 2. The SMILES string of the molecule is CCOCC(=O)NCCCNC(=O)c1cccc(Br)c1. The molecule has 0 heterocycles. The summed E-state index contributed by atoms with van der Waals surface area (Å²) in [5.74, 6) is -0.253. The van der Waals surface area contributed by atoms with Crippen molar-refractivity contribution in [1.82, 2.24) is 10.6 Å². The second kappa shape index (κ2) is 9.50. The average molecular weight is 343 g/mol. The van der Waals surface area contributed by atoms with Crippen molar-refractivity contribution in [3.63, 3.8) is 0 Å². The molecule has 1 aromatic rings. The smallest absolute Gasteiger partial charge is 0.251 e. The van der Waals surface area contributed by atoms with E-state index >= 15 is 0 Å². The van der Waals surface area contributed by atoms with Gasteiger partial charge in [-0.1, -0.05) is 22.0 Å². The van der Waals surface area contributed by atoms with Crippen molar-refractivity contribution in [2.45, 2.75) is 13.3 Å². The zero-order valence-electron chi connectivity index (χ0n) is 11.4. The summed E-state index contributed by atoms with van der Waals surface area (Å²) in [6.07, 6.45) is 0.678. The molecule has 110 valence electrons. The Balaban J connectivity index is 2.15. The van der Waals surface area contributed by atoms with Gasteiger partial charge in [-0.15, -0.1) is 0 Å². The van der Waals surface area contributed by atoms with Crippen molar-refractivity contribution in [3.05, 3.63) is 34.3 Å². The third-order valence-electron chi connectivity index (χ3n) is 2.49. The van der Waals surface area contributed by atoms with Crippen LogP contribution in [0.4, 0.5) is 0 Å². The Morgan fingerprint density at radius 2 is 2.00 bits per heavy atom. The Hall–Kier alpha value is -1.40. The maximum absolute atomic E-state index is 11.8. The number of benzene rings is 1. The lowest BCUT2D eigenvalue weighted by atomic mass is 10.2. The molecule has 6 heteroatoms. The lowest BCUT2D eigenvalue weighted by Gasteiger charge is -2.07. The molecule has 0 saturated heterocycles. The van der Waals surface area contributed by atoms with Gasteiger partial charge in [0.1, 0.15) is 6.61 Å². The molecule has 0 spiro atoms. The maximum Gasteiger partial charge on any atom is 0.251 e. The highest BCUT2D eigenvalue weighted by Gasteiger charge is 2.05. The number of hydrogen-bond donors (Lipinski definition) is 2. The van der Waals surface area contributed by atoms with Crippen molar-refractivity contribution in [3.8, 4) is 0 Å². The van der Waals surface area contributed by atoms with Crippen LogP contribution in [0.3, 0.4) is 0 Å². The van der Waals surface area contributed by atoms with E-state index in [1.807, 2.05) is 19.1 Å². The van der Waals surface area contributed by atoms with Gasteiger partial charge in [-0.2, -0.15) is 0 Å². The number of nitrogens with one attached hydrogen (secondary N) is 2. The first-order valence-corrected chi connectivity index (χ1v) is 7.31. The molecule has 1 rings (SSSR count). The minimum absolute atomic E-state index is 0.0842. The normalized spacial score (nSPS) is 10.1. The molecule has 0 atom stereocenters. The van der Waals surface area contributed by atoms with Gasteiger partial charge in [-0.05, 0) is 31.5 Å². The fourth-order valence-corrected chi connectivity index (χ4v) is 1.89. The highest BCUT2D eigenvalue weighted by molar-refractivity contribution is 9.10. The molecule has 20 heavy (non-hydrogen) atoms. The van der Waals surface area contributed by atoms with E-state index in [-0.39, 0.29) is 18.4 Å². The quantitative estimate of drug-likeness (QED) is 0.707. The average Bonchev–Trinajstić information content (AvgIpc) is 2.44. The Morgan fingerprint density at radius 1 is 1.25 bits per heavy atom. The Kier molecular flexibility index (Phi) is 7.91. The van der Waals surface area contributed by atoms with Crippen LogP contribution >= 0.6 is 15.9 Å². The predicted molar refractivity (Wildman–Crippen MR) is 80.6 cm³/mol. The van der Waals surface area contributed by atoms with Gasteiger partial charge in [0.2, 0.25) is 5.91 Å². The summed E-state index contributed by atoms with van der Waals surface area (Å²) in [5.41, 5.74) is 0.611. The zero-order valence-corrected chi connectivity index (χ0v) is 13.0. The minimum Gasteiger partial charge on any atom is -0.372 e. The van der Waals surface area contributed by atoms with Crippen molar-refractivity contribution in [2.75, 3.05) is 26.3 Å². The summed E-state index contributed by atoms with van der Waals surface area (Å²) in [7, 11) is 0. The molecular weight excluding hydrogens is 324 g/mol. The van der Waals surface area contributed by atoms with Crippen LogP contribution in [0.15, 0.2) is 28.7 Å². The molecule has 2 amide bonds. The van der Waals surface area contributed by atoms with Crippen LogP contribution in [0.2, 0.25) is 0 Å². The molecule has 1 aromatic carbocycles. The van der Waals surface area contributed by atoms with E-state index in [9.17, 15) is 9.59 Å². The van der Waals surface area contributed by atoms with Crippen LogP contribution in [-0.4, -0.2) is 38.1 Å². The summed E-state index contributed by atoms with van der Waals surface area (Å²) in [4.78, 5) is 23.0. The summed E-state index contributed by atoms with van der Waals surface area (Å²) >= 11 is 3.32. The number of ether oxygens (including phenoxy) is 1. The van der Waals surface area contributed by atoms with E-state index in [1.165, 1.54) is 0 Å². The van der Waals surface area contributed by atoms with E-state index in [1.54, 1.807) is 12.1 Å². The largest absolute Gasteiger partial charge is 0.372 e. The first-order chi connectivity index (χ1) is 9.63. The highest BCUT2D eigenvalue weighted by Crippen LogP contribution is 2.11. The van der Waals surface area contributed by atoms with Gasteiger partial charge in [0.15, 0.2) is 0 Å². The molecule has 0 fully saturated rings. The molecule has 0 radical (unpaired) electrons. The lowest BCUT2D eigenvalue weighted by Crippen LogP contribution is -2.31.